The van der Waals surface area contributed by atoms with Crippen molar-refractivity contribution >= 4 is 94.5 Å². The Labute approximate surface area is 219 Å². The van der Waals surface area contributed by atoms with E-state index < -0.39 is 47.8 Å². The molecule has 2 heterocycles. The maximum absolute atomic E-state index is 13.3. The molecule has 2 amide bonds. The summed E-state index contributed by atoms with van der Waals surface area (Å²) in [6.07, 6.45) is 0. The van der Waals surface area contributed by atoms with Crippen LogP contribution in [0.15, 0.2) is 11.3 Å². The van der Waals surface area contributed by atoms with Gasteiger partial charge in [0.05, 0.1) is 0 Å². The van der Waals surface area contributed by atoms with E-state index in [9.17, 15) is 19.2 Å². The number of β-lactam (4-membered cyclic amide) rings is 1. The van der Waals surface area contributed by atoms with Gasteiger partial charge in [0.15, 0.2) is 5.37 Å². The van der Waals surface area contributed by atoms with Crippen LogP contribution in [0.5, 0.6) is 0 Å². The van der Waals surface area contributed by atoms with Gasteiger partial charge < -0.3 is 26.5 Å². The van der Waals surface area contributed by atoms with Crippen molar-refractivity contribution in [1.29, 1.82) is 0 Å². The molecule has 176 valence electrons. The zero-order chi connectivity index (χ0) is 22.9. The van der Waals surface area contributed by atoms with Gasteiger partial charge in [-0.3, -0.25) is 24.6 Å². The number of nitrogens with zero attached hydrogens (tertiary/aromatic N) is 1. The highest BCUT2D eigenvalue weighted by atomic mass is 79.9. The van der Waals surface area contributed by atoms with Gasteiger partial charge in [0.1, 0.15) is 34.0 Å². The lowest BCUT2D eigenvalue weighted by molar-refractivity contribution is -0.155. The van der Waals surface area contributed by atoms with E-state index in [1.54, 1.807) is 0 Å². The van der Waals surface area contributed by atoms with E-state index in [-0.39, 0.29) is 40.9 Å². The highest BCUT2D eigenvalue weighted by Gasteiger charge is 2.75. The predicted molar refractivity (Wildman–Crippen MR) is 121 cm³/mol. The Morgan fingerprint density at radius 2 is 1.94 bits per heavy atom. The first kappa shape index (κ1) is 29.2. The Hall–Kier alpha value is 0.150. The number of hydrogen-bond acceptors (Lipinski definition) is 7. The minimum atomic E-state index is -1.83. The van der Waals surface area contributed by atoms with Gasteiger partial charge >= 0.3 is 22.7 Å². The Kier molecular flexibility index (Phi) is 10.8. The van der Waals surface area contributed by atoms with Crippen LogP contribution in [0.4, 0.5) is 0 Å². The number of nitrogens with one attached hydrogen (secondary N) is 1. The lowest BCUT2D eigenvalue weighted by atomic mass is 10.0. The van der Waals surface area contributed by atoms with Crippen molar-refractivity contribution in [3.05, 3.63) is 11.3 Å². The molecule has 2 rings (SSSR count). The number of halogens is 5. The van der Waals surface area contributed by atoms with Crippen molar-refractivity contribution in [3.63, 3.8) is 0 Å². The lowest BCUT2D eigenvalue weighted by Gasteiger charge is -2.53. The number of rotatable bonds is 7. The zero-order valence-electron chi connectivity index (χ0n) is 16.5. The smallest absolute Gasteiger partial charge is 0.355 e. The summed E-state index contributed by atoms with van der Waals surface area (Å²) in [5, 5.41) is 2.20. The highest BCUT2D eigenvalue weighted by molar-refractivity contribution is 9.48. The molecule has 0 aromatic heterocycles. The van der Waals surface area contributed by atoms with E-state index in [1.165, 1.54) is 30.5 Å². The summed E-state index contributed by atoms with van der Waals surface area (Å²) in [6, 6.07) is 0. The summed E-state index contributed by atoms with van der Waals surface area (Å²) in [6.45, 7) is 3.70. The topological polar surface area (TPSA) is 102 Å². The molecule has 1 fully saturated rings. The van der Waals surface area contributed by atoms with Crippen molar-refractivity contribution in [3.8, 4) is 0 Å². The van der Waals surface area contributed by atoms with Crippen LogP contribution in [0.2, 0.25) is 0 Å². The SMILES string of the molecule is CC[S+](Br)[C@]1(NC(C)=O)C(=O)N2C(C(=O)OCC(Cl)(Cl)Cl)=C(COC(C)=O)CS[C@@H]21.[Br-]. The average molecular weight is 666 g/mol. The molecule has 0 aromatic rings. The van der Waals surface area contributed by atoms with E-state index in [0.717, 1.165) is 0 Å². The third-order valence-electron chi connectivity index (χ3n) is 4.08. The van der Waals surface area contributed by atoms with Crippen LogP contribution in [0, 0.1) is 0 Å². The molecule has 3 atom stereocenters. The third kappa shape index (κ3) is 6.39. The van der Waals surface area contributed by atoms with Gasteiger partial charge in [-0.1, -0.05) is 34.8 Å². The zero-order valence-corrected chi connectivity index (χ0v) is 23.6. The van der Waals surface area contributed by atoms with Gasteiger partial charge in [0.25, 0.3) is 0 Å². The molecule has 0 saturated carbocycles. The molecule has 0 bridgehead atoms. The first-order chi connectivity index (χ1) is 13.8. The summed E-state index contributed by atoms with van der Waals surface area (Å²) in [4.78, 5) is 49.2. The standard InChI is InChI=1S/C16H18BrCl3N2O6S2.BrH/c1-4-30(17)16(21-8(2)23)13(26)22-11(12(25)28-7-15(18,19)20)10(5-27-9(3)24)6-29-14(16)22;/h14H,4-7H2,1-3H3;1H/t14-,16-,30?;/m1./s1. The third-order valence-corrected chi connectivity index (χ3v) is 10.6. The first-order valence-corrected chi connectivity index (χ1v) is 14.0. The van der Waals surface area contributed by atoms with Crippen molar-refractivity contribution in [1.82, 2.24) is 10.2 Å². The molecule has 0 radical (unpaired) electrons. The van der Waals surface area contributed by atoms with E-state index in [4.69, 9.17) is 44.3 Å². The molecule has 2 aliphatic heterocycles. The van der Waals surface area contributed by atoms with Gasteiger partial charge in [-0.05, 0) is 6.92 Å². The fourth-order valence-electron chi connectivity index (χ4n) is 2.96. The monoisotopic (exact) mass is 662 g/mol. The minimum Gasteiger partial charge on any atom is -1.00 e. The molecule has 0 aromatic carbocycles. The molecule has 1 saturated heterocycles. The molecule has 0 spiro atoms. The number of thioether (sulfide) groups is 1. The van der Waals surface area contributed by atoms with Crippen LogP contribution >= 0.6 is 61.4 Å². The van der Waals surface area contributed by atoms with Gasteiger partial charge in [-0.25, -0.2) is 4.79 Å². The minimum absolute atomic E-state index is 0. The summed E-state index contributed by atoms with van der Waals surface area (Å²) in [5.74, 6) is -1.42. The normalized spacial score (nSPS) is 23.8. The molecule has 1 N–H and O–H groups in total. The summed E-state index contributed by atoms with van der Waals surface area (Å²) in [5.41, 5.74) is 0.317. The van der Waals surface area contributed by atoms with Crippen molar-refractivity contribution in [2.24, 2.45) is 0 Å². The molecule has 31 heavy (non-hydrogen) atoms. The largest absolute Gasteiger partial charge is 1.00 e. The Bertz CT molecular complexity index is 798. The maximum Gasteiger partial charge on any atom is 0.355 e. The molecule has 2 aliphatic rings. The molecular formula is C16H19Br2Cl3N2O6S2. The molecule has 0 aliphatic carbocycles. The molecular weight excluding hydrogens is 646 g/mol. The summed E-state index contributed by atoms with van der Waals surface area (Å²) in [7, 11) is -0.686. The number of carbonyl (C=O) groups is 4. The second kappa shape index (κ2) is 11.5. The van der Waals surface area contributed by atoms with E-state index in [1.807, 2.05) is 6.92 Å². The van der Waals surface area contributed by atoms with Gasteiger partial charge in [-0.2, -0.15) is 0 Å². The summed E-state index contributed by atoms with van der Waals surface area (Å²) >= 11 is 21.8. The fourth-order valence-corrected chi connectivity index (χ4v) is 7.88. The van der Waals surface area contributed by atoms with Crippen LogP contribution in [-0.4, -0.2) is 67.4 Å². The maximum atomic E-state index is 13.3. The van der Waals surface area contributed by atoms with Crippen molar-refractivity contribution in [2.75, 3.05) is 24.7 Å². The van der Waals surface area contributed by atoms with Crippen LogP contribution in [0.1, 0.15) is 20.8 Å². The molecule has 15 heteroatoms. The lowest BCUT2D eigenvalue weighted by Crippen LogP contribution is -3.00. The van der Waals surface area contributed by atoms with E-state index >= 15 is 0 Å². The van der Waals surface area contributed by atoms with E-state index in [0.29, 0.717) is 11.3 Å². The van der Waals surface area contributed by atoms with Gasteiger partial charge in [0.2, 0.25) is 24.5 Å². The van der Waals surface area contributed by atoms with Crippen LogP contribution in [0.3, 0.4) is 0 Å². The second-order valence-corrected chi connectivity index (χ2v) is 14.1. The quantitative estimate of drug-likeness (QED) is 0.168. The molecule has 1 unspecified atom stereocenters. The second-order valence-electron chi connectivity index (χ2n) is 6.30. The summed E-state index contributed by atoms with van der Waals surface area (Å²) < 4.78 is 8.28. The highest BCUT2D eigenvalue weighted by Crippen LogP contribution is 2.51. The van der Waals surface area contributed by atoms with Gasteiger partial charge in [-0.15, -0.1) is 11.8 Å². The Morgan fingerprint density at radius 1 is 1.32 bits per heavy atom. The first-order valence-electron chi connectivity index (χ1n) is 8.55. The number of fused-ring (bicyclic) bond motifs is 1. The van der Waals surface area contributed by atoms with E-state index in [2.05, 4.69) is 20.1 Å². The predicted octanol–water partition coefficient (Wildman–Crippen LogP) is -0.583. The number of alkyl halides is 3. The van der Waals surface area contributed by atoms with Crippen molar-refractivity contribution in [2.45, 2.75) is 34.8 Å². The number of esters is 2. The van der Waals surface area contributed by atoms with Crippen LogP contribution in [0.25, 0.3) is 0 Å². The number of amides is 2. The fraction of sp³-hybridized carbons (Fsp3) is 0.625. The van der Waals surface area contributed by atoms with Crippen LogP contribution in [-0.2, 0) is 38.0 Å². The Balaban J connectivity index is 0.00000480. The van der Waals surface area contributed by atoms with Gasteiger partial charge in [0, 0.05) is 25.2 Å². The molecule has 8 nitrogen and oxygen atoms in total. The number of carbonyl (C=O) groups excluding carboxylic acids is 4. The number of ether oxygens (including phenoxy) is 2. The number of hydrogen-bond donors (Lipinski definition) is 1. The average Bonchev–Trinajstić information content (AvgIpc) is 2.66. The van der Waals surface area contributed by atoms with Crippen molar-refractivity contribution < 1.29 is 45.6 Å². The van der Waals surface area contributed by atoms with Crippen LogP contribution < -0.4 is 22.3 Å². The Morgan fingerprint density at radius 3 is 2.42 bits per heavy atom.